The Morgan fingerprint density at radius 1 is 1.03 bits per heavy atom. The van der Waals surface area contributed by atoms with Crippen LogP contribution >= 0.6 is 0 Å². The van der Waals surface area contributed by atoms with Gasteiger partial charge in [-0.25, -0.2) is 15.0 Å². The van der Waals surface area contributed by atoms with Crippen molar-refractivity contribution >= 4 is 22.9 Å². The highest BCUT2D eigenvalue weighted by molar-refractivity contribution is 5.94. The van der Waals surface area contributed by atoms with Gasteiger partial charge in [0.05, 0.1) is 0 Å². The first-order valence-corrected chi connectivity index (χ1v) is 13.0. The number of hydrogen-bond donors (Lipinski definition) is 2. The molecule has 0 unspecified atom stereocenters. The number of aromatic amines is 1. The number of rotatable bonds is 6. The molecule has 37 heavy (non-hydrogen) atoms. The number of H-pyrrole nitrogens is 1. The fraction of sp³-hybridized carbons (Fsp3) is 0.357. The summed E-state index contributed by atoms with van der Waals surface area (Å²) in [6, 6.07) is 13.9. The number of carbonyl (C=O) groups is 1. The SMILES string of the molecule is Nc1ncc(-c2ccc(C(=O)N3CCC(N4CCCC4)CC3)cc2)cc1OCc1nc2cccnc2[nH]1. The van der Waals surface area contributed by atoms with Gasteiger partial charge in [0, 0.05) is 42.7 Å². The van der Waals surface area contributed by atoms with E-state index in [-0.39, 0.29) is 12.5 Å². The second-order valence-corrected chi connectivity index (χ2v) is 9.79. The Balaban J connectivity index is 1.10. The molecule has 1 amide bonds. The number of nitrogens with one attached hydrogen (secondary N) is 1. The Morgan fingerprint density at radius 2 is 1.81 bits per heavy atom. The number of aromatic nitrogens is 4. The number of imidazole rings is 1. The predicted molar refractivity (Wildman–Crippen MR) is 142 cm³/mol. The molecule has 2 aliphatic heterocycles. The Kier molecular flexibility index (Phi) is 6.44. The number of nitrogens with zero attached hydrogens (tertiary/aromatic N) is 5. The summed E-state index contributed by atoms with van der Waals surface area (Å²) in [5, 5.41) is 0. The molecule has 1 aromatic carbocycles. The zero-order chi connectivity index (χ0) is 25.2. The standard InChI is InChI=1S/C28H31N7O2/c29-26-24(37-18-25-32-23-4-3-11-30-27(23)33-25)16-21(17-31-26)19-5-7-20(8-6-19)28(36)35-14-9-22(10-15-35)34-12-1-2-13-34/h3-8,11,16-17,22H,1-2,9-10,12-15,18H2,(H2,29,31)(H,30,32,33). The zero-order valence-electron chi connectivity index (χ0n) is 20.8. The van der Waals surface area contributed by atoms with Gasteiger partial charge in [-0.15, -0.1) is 0 Å². The van der Waals surface area contributed by atoms with Gasteiger partial charge in [0.2, 0.25) is 0 Å². The maximum Gasteiger partial charge on any atom is 0.253 e. The van der Waals surface area contributed by atoms with E-state index in [0.717, 1.165) is 42.6 Å². The molecule has 5 heterocycles. The maximum absolute atomic E-state index is 13.1. The summed E-state index contributed by atoms with van der Waals surface area (Å²) in [6.07, 6.45) is 8.17. The van der Waals surface area contributed by atoms with Gasteiger partial charge in [-0.1, -0.05) is 12.1 Å². The highest BCUT2D eigenvalue weighted by Crippen LogP contribution is 2.28. The van der Waals surface area contributed by atoms with Crippen molar-refractivity contribution in [1.82, 2.24) is 29.7 Å². The highest BCUT2D eigenvalue weighted by atomic mass is 16.5. The van der Waals surface area contributed by atoms with E-state index in [1.54, 1.807) is 12.4 Å². The van der Waals surface area contributed by atoms with E-state index in [4.69, 9.17) is 10.5 Å². The Labute approximate surface area is 215 Å². The van der Waals surface area contributed by atoms with Crippen molar-refractivity contribution < 1.29 is 9.53 Å². The van der Waals surface area contributed by atoms with Gasteiger partial charge < -0.3 is 25.3 Å². The number of nitrogens with two attached hydrogens (primary N) is 1. The third-order valence-corrected chi connectivity index (χ3v) is 7.42. The number of nitrogen functional groups attached to an aromatic ring is 1. The van der Waals surface area contributed by atoms with Gasteiger partial charge in [-0.05, 0) is 74.7 Å². The first-order valence-electron chi connectivity index (χ1n) is 13.0. The number of ether oxygens (including phenoxy) is 1. The third-order valence-electron chi connectivity index (χ3n) is 7.42. The van der Waals surface area contributed by atoms with E-state index in [9.17, 15) is 4.79 Å². The van der Waals surface area contributed by atoms with Crippen molar-refractivity contribution in [3.63, 3.8) is 0 Å². The Hall–Kier alpha value is -3.98. The number of amides is 1. The monoisotopic (exact) mass is 497 g/mol. The molecule has 3 aromatic heterocycles. The van der Waals surface area contributed by atoms with E-state index in [1.807, 2.05) is 47.4 Å². The van der Waals surface area contributed by atoms with Crippen LogP contribution in [-0.4, -0.2) is 67.9 Å². The number of hydrogen-bond acceptors (Lipinski definition) is 7. The number of anilines is 1. The lowest BCUT2D eigenvalue weighted by Crippen LogP contribution is -2.45. The molecule has 3 N–H and O–H groups in total. The molecule has 4 aromatic rings. The molecule has 0 spiro atoms. The number of pyridine rings is 2. The van der Waals surface area contributed by atoms with Gasteiger partial charge in [0.25, 0.3) is 5.91 Å². The molecule has 2 fully saturated rings. The summed E-state index contributed by atoms with van der Waals surface area (Å²) < 4.78 is 5.93. The molecular weight excluding hydrogens is 466 g/mol. The minimum absolute atomic E-state index is 0.103. The summed E-state index contributed by atoms with van der Waals surface area (Å²) in [6.45, 7) is 4.29. The van der Waals surface area contributed by atoms with Crippen LogP contribution in [0.5, 0.6) is 5.75 Å². The molecular formula is C28H31N7O2. The zero-order valence-corrected chi connectivity index (χ0v) is 20.8. The van der Waals surface area contributed by atoms with Crippen molar-refractivity contribution in [2.75, 3.05) is 31.9 Å². The number of likely N-dealkylation sites (tertiary alicyclic amines) is 2. The summed E-state index contributed by atoms with van der Waals surface area (Å²) in [4.78, 5) is 33.9. The quantitative estimate of drug-likeness (QED) is 0.416. The molecule has 0 aliphatic carbocycles. The number of fused-ring (bicyclic) bond motifs is 1. The first kappa shape index (κ1) is 23.4. The van der Waals surface area contributed by atoms with Crippen LogP contribution < -0.4 is 10.5 Å². The molecule has 190 valence electrons. The fourth-order valence-corrected chi connectivity index (χ4v) is 5.37. The lowest BCUT2D eigenvalue weighted by molar-refractivity contribution is 0.0644. The summed E-state index contributed by atoms with van der Waals surface area (Å²) in [5.41, 5.74) is 10.1. The fourth-order valence-electron chi connectivity index (χ4n) is 5.37. The third kappa shape index (κ3) is 4.99. The van der Waals surface area contributed by atoms with Gasteiger partial charge >= 0.3 is 0 Å². The van der Waals surface area contributed by atoms with Gasteiger partial charge in [-0.2, -0.15) is 0 Å². The van der Waals surface area contributed by atoms with Crippen LogP contribution in [0.4, 0.5) is 5.82 Å². The number of benzene rings is 1. The predicted octanol–water partition coefficient (Wildman–Crippen LogP) is 3.88. The largest absolute Gasteiger partial charge is 0.482 e. The van der Waals surface area contributed by atoms with Crippen molar-refractivity contribution in [2.24, 2.45) is 0 Å². The summed E-state index contributed by atoms with van der Waals surface area (Å²) >= 11 is 0. The number of piperidine rings is 1. The first-order chi connectivity index (χ1) is 18.1. The number of carbonyl (C=O) groups excluding carboxylic acids is 1. The lowest BCUT2D eigenvalue weighted by Gasteiger charge is -2.36. The van der Waals surface area contributed by atoms with Gasteiger partial charge in [0.15, 0.2) is 17.2 Å². The molecule has 6 rings (SSSR count). The molecule has 2 saturated heterocycles. The van der Waals surface area contributed by atoms with Crippen LogP contribution in [-0.2, 0) is 6.61 Å². The molecule has 9 heteroatoms. The van der Waals surface area contributed by atoms with Crippen LogP contribution in [0.3, 0.4) is 0 Å². The smallest absolute Gasteiger partial charge is 0.253 e. The van der Waals surface area contributed by atoms with Crippen LogP contribution in [0.1, 0.15) is 41.9 Å². The van der Waals surface area contributed by atoms with E-state index >= 15 is 0 Å². The van der Waals surface area contributed by atoms with Gasteiger partial charge in [0.1, 0.15) is 17.9 Å². The maximum atomic E-state index is 13.1. The second-order valence-electron chi connectivity index (χ2n) is 9.79. The minimum atomic E-state index is 0.103. The average molecular weight is 498 g/mol. The minimum Gasteiger partial charge on any atom is -0.482 e. The van der Waals surface area contributed by atoms with Crippen molar-refractivity contribution in [3.05, 3.63) is 66.2 Å². The van der Waals surface area contributed by atoms with Crippen LogP contribution in [0.25, 0.3) is 22.3 Å². The Bertz CT molecular complexity index is 1350. The molecule has 0 bridgehead atoms. The summed E-state index contributed by atoms with van der Waals surface area (Å²) in [5.74, 6) is 1.55. The van der Waals surface area contributed by atoms with E-state index in [1.165, 1.54) is 25.9 Å². The van der Waals surface area contributed by atoms with Crippen LogP contribution in [0.2, 0.25) is 0 Å². The molecule has 0 saturated carbocycles. The summed E-state index contributed by atoms with van der Waals surface area (Å²) in [7, 11) is 0. The van der Waals surface area contributed by atoms with Crippen molar-refractivity contribution in [1.29, 1.82) is 0 Å². The molecule has 2 aliphatic rings. The average Bonchev–Trinajstić information content (AvgIpc) is 3.63. The second kappa shape index (κ2) is 10.2. The van der Waals surface area contributed by atoms with E-state index in [0.29, 0.717) is 34.6 Å². The molecule has 0 radical (unpaired) electrons. The van der Waals surface area contributed by atoms with Gasteiger partial charge in [-0.3, -0.25) is 4.79 Å². The molecule has 9 nitrogen and oxygen atoms in total. The van der Waals surface area contributed by atoms with E-state index in [2.05, 4.69) is 24.8 Å². The Morgan fingerprint density at radius 3 is 2.57 bits per heavy atom. The normalized spacial score (nSPS) is 16.9. The topological polar surface area (TPSA) is 113 Å². The molecule has 0 atom stereocenters. The van der Waals surface area contributed by atoms with Crippen LogP contribution in [0, 0.1) is 0 Å². The van der Waals surface area contributed by atoms with E-state index < -0.39 is 0 Å². The van der Waals surface area contributed by atoms with Crippen molar-refractivity contribution in [3.8, 4) is 16.9 Å². The van der Waals surface area contributed by atoms with Crippen molar-refractivity contribution in [2.45, 2.75) is 38.3 Å². The van der Waals surface area contributed by atoms with Crippen LogP contribution in [0.15, 0.2) is 54.9 Å². The lowest BCUT2D eigenvalue weighted by atomic mass is 10.0. The highest BCUT2D eigenvalue weighted by Gasteiger charge is 2.28.